The molecule has 96 valence electrons. The standard InChI is InChI=1S/C14H25N3/c1-9-11(7-13(9)15-6)12-8-17(14(3,4)5)16-10(12)2/h8-9,11,13,15H,7H2,1-6H3. The molecule has 0 saturated heterocycles. The van der Waals surface area contributed by atoms with Crippen molar-refractivity contribution in [2.24, 2.45) is 5.92 Å². The highest BCUT2D eigenvalue weighted by molar-refractivity contribution is 5.26. The highest BCUT2D eigenvalue weighted by Gasteiger charge is 2.39. The summed E-state index contributed by atoms with van der Waals surface area (Å²) in [4.78, 5) is 0. The Hall–Kier alpha value is -0.830. The van der Waals surface area contributed by atoms with E-state index in [2.05, 4.69) is 63.0 Å². The van der Waals surface area contributed by atoms with Crippen LogP contribution in [0.15, 0.2) is 6.20 Å². The lowest BCUT2D eigenvalue weighted by atomic mass is 9.67. The molecule has 3 atom stereocenters. The minimum Gasteiger partial charge on any atom is -0.317 e. The second kappa shape index (κ2) is 4.13. The molecule has 0 aromatic carbocycles. The van der Waals surface area contributed by atoms with Crippen LogP contribution in [0.1, 0.15) is 51.3 Å². The summed E-state index contributed by atoms with van der Waals surface area (Å²) in [6, 6.07) is 0.678. The Balaban J connectivity index is 2.21. The Labute approximate surface area is 105 Å². The summed E-state index contributed by atoms with van der Waals surface area (Å²) in [6.07, 6.45) is 3.50. The van der Waals surface area contributed by atoms with Crippen molar-refractivity contribution < 1.29 is 0 Å². The minimum atomic E-state index is 0.0817. The normalized spacial score (nSPS) is 29.2. The van der Waals surface area contributed by atoms with Gasteiger partial charge < -0.3 is 5.32 Å². The number of nitrogens with one attached hydrogen (secondary N) is 1. The average Bonchev–Trinajstić information content (AvgIpc) is 2.59. The number of aromatic nitrogens is 2. The molecule has 1 fully saturated rings. The van der Waals surface area contributed by atoms with Crippen LogP contribution < -0.4 is 5.32 Å². The van der Waals surface area contributed by atoms with E-state index in [1.165, 1.54) is 17.7 Å². The van der Waals surface area contributed by atoms with Gasteiger partial charge in [0.15, 0.2) is 0 Å². The summed E-state index contributed by atoms with van der Waals surface area (Å²) in [7, 11) is 2.06. The SMILES string of the molecule is CNC1CC(c2cn(C(C)(C)C)nc2C)C1C. The zero-order valence-electron chi connectivity index (χ0n) is 11.9. The Kier molecular flexibility index (Phi) is 3.06. The van der Waals surface area contributed by atoms with E-state index in [4.69, 9.17) is 0 Å². The molecule has 2 rings (SSSR count). The molecule has 17 heavy (non-hydrogen) atoms. The Bertz CT molecular complexity index is 400. The lowest BCUT2D eigenvalue weighted by molar-refractivity contribution is 0.193. The molecule has 0 aliphatic heterocycles. The maximum absolute atomic E-state index is 4.67. The van der Waals surface area contributed by atoms with Crippen LogP contribution in [0.3, 0.4) is 0 Å². The summed E-state index contributed by atoms with van der Waals surface area (Å²) in [5, 5.41) is 8.05. The molecule has 0 spiro atoms. The minimum absolute atomic E-state index is 0.0817. The Morgan fingerprint density at radius 1 is 1.41 bits per heavy atom. The molecule has 0 bridgehead atoms. The molecule has 1 aromatic rings. The highest BCUT2D eigenvalue weighted by Crippen LogP contribution is 2.43. The first-order valence-corrected chi connectivity index (χ1v) is 6.58. The molecule has 1 aliphatic rings. The van der Waals surface area contributed by atoms with Gasteiger partial charge in [0.1, 0.15) is 0 Å². The monoisotopic (exact) mass is 235 g/mol. The predicted octanol–water partition coefficient (Wildman–Crippen LogP) is 2.66. The van der Waals surface area contributed by atoms with Crippen LogP contribution >= 0.6 is 0 Å². The van der Waals surface area contributed by atoms with Crippen molar-refractivity contribution in [3.8, 4) is 0 Å². The van der Waals surface area contributed by atoms with Gasteiger partial charge in [0.05, 0.1) is 11.2 Å². The van der Waals surface area contributed by atoms with Gasteiger partial charge in [-0.25, -0.2) is 0 Å². The van der Waals surface area contributed by atoms with E-state index in [-0.39, 0.29) is 5.54 Å². The van der Waals surface area contributed by atoms with Gasteiger partial charge in [-0.05, 0) is 58.6 Å². The van der Waals surface area contributed by atoms with E-state index in [1.54, 1.807) is 0 Å². The summed E-state index contributed by atoms with van der Waals surface area (Å²) in [6.45, 7) is 11.1. The largest absolute Gasteiger partial charge is 0.317 e. The summed E-state index contributed by atoms with van der Waals surface area (Å²) >= 11 is 0. The fraction of sp³-hybridized carbons (Fsp3) is 0.786. The Morgan fingerprint density at radius 2 is 2.06 bits per heavy atom. The van der Waals surface area contributed by atoms with Gasteiger partial charge in [-0.1, -0.05) is 6.92 Å². The van der Waals surface area contributed by atoms with Gasteiger partial charge in [-0.2, -0.15) is 5.10 Å². The maximum atomic E-state index is 4.67. The lowest BCUT2D eigenvalue weighted by Crippen LogP contribution is -2.46. The second-order valence-corrected chi connectivity index (χ2v) is 6.38. The van der Waals surface area contributed by atoms with Crippen molar-refractivity contribution in [1.29, 1.82) is 0 Å². The van der Waals surface area contributed by atoms with Gasteiger partial charge in [0, 0.05) is 12.2 Å². The molecular formula is C14H25N3. The smallest absolute Gasteiger partial charge is 0.0628 e. The van der Waals surface area contributed by atoms with Crippen LogP contribution in [0, 0.1) is 12.8 Å². The van der Waals surface area contributed by atoms with Crippen molar-refractivity contribution in [3.05, 3.63) is 17.5 Å². The third kappa shape index (κ3) is 2.13. The van der Waals surface area contributed by atoms with Gasteiger partial charge >= 0.3 is 0 Å². The van der Waals surface area contributed by atoms with Crippen molar-refractivity contribution >= 4 is 0 Å². The molecule has 0 radical (unpaired) electrons. The first-order chi connectivity index (χ1) is 7.84. The molecular weight excluding hydrogens is 210 g/mol. The zero-order chi connectivity index (χ0) is 12.8. The average molecular weight is 235 g/mol. The maximum Gasteiger partial charge on any atom is 0.0628 e. The van der Waals surface area contributed by atoms with Crippen LogP contribution in [0.25, 0.3) is 0 Å². The summed E-state index contributed by atoms with van der Waals surface area (Å²) in [5.41, 5.74) is 2.73. The molecule has 3 unspecified atom stereocenters. The van der Waals surface area contributed by atoms with Crippen molar-refractivity contribution in [2.75, 3.05) is 7.05 Å². The van der Waals surface area contributed by atoms with Gasteiger partial charge in [0.25, 0.3) is 0 Å². The van der Waals surface area contributed by atoms with Gasteiger partial charge in [-0.3, -0.25) is 4.68 Å². The molecule has 3 heteroatoms. The lowest BCUT2D eigenvalue weighted by Gasteiger charge is -2.42. The molecule has 1 aromatic heterocycles. The number of nitrogens with zero attached hydrogens (tertiary/aromatic N) is 2. The number of hydrogen-bond donors (Lipinski definition) is 1. The van der Waals surface area contributed by atoms with E-state index >= 15 is 0 Å². The Morgan fingerprint density at radius 3 is 2.47 bits per heavy atom. The quantitative estimate of drug-likeness (QED) is 0.854. The van der Waals surface area contributed by atoms with Crippen molar-refractivity contribution in [3.63, 3.8) is 0 Å². The summed E-state index contributed by atoms with van der Waals surface area (Å²) < 4.78 is 2.11. The van der Waals surface area contributed by atoms with E-state index in [0.29, 0.717) is 12.0 Å². The van der Waals surface area contributed by atoms with Crippen LogP contribution in [0.4, 0.5) is 0 Å². The van der Waals surface area contributed by atoms with E-state index < -0.39 is 0 Å². The summed E-state index contributed by atoms with van der Waals surface area (Å²) in [5.74, 6) is 1.40. The van der Waals surface area contributed by atoms with E-state index in [0.717, 1.165) is 5.92 Å². The van der Waals surface area contributed by atoms with E-state index in [9.17, 15) is 0 Å². The van der Waals surface area contributed by atoms with Crippen LogP contribution in [-0.2, 0) is 5.54 Å². The first kappa shape index (κ1) is 12.6. The van der Waals surface area contributed by atoms with Crippen LogP contribution in [0.5, 0.6) is 0 Å². The highest BCUT2D eigenvalue weighted by atomic mass is 15.3. The fourth-order valence-electron chi connectivity index (χ4n) is 2.76. The molecule has 3 nitrogen and oxygen atoms in total. The van der Waals surface area contributed by atoms with Crippen molar-refractivity contribution in [2.45, 2.75) is 58.5 Å². The number of rotatable bonds is 2. The number of hydrogen-bond acceptors (Lipinski definition) is 2. The molecule has 1 aliphatic carbocycles. The van der Waals surface area contributed by atoms with Crippen LogP contribution in [0.2, 0.25) is 0 Å². The second-order valence-electron chi connectivity index (χ2n) is 6.38. The van der Waals surface area contributed by atoms with Gasteiger partial charge in [-0.15, -0.1) is 0 Å². The molecule has 1 N–H and O–H groups in total. The fourth-order valence-corrected chi connectivity index (χ4v) is 2.76. The zero-order valence-corrected chi connectivity index (χ0v) is 11.9. The number of aryl methyl sites for hydroxylation is 1. The van der Waals surface area contributed by atoms with Gasteiger partial charge in [0.2, 0.25) is 0 Å². The molecule has 1 saturated carbocycles. The molecule has 0 amide bonds. The third-order valence-corrected chi connectivity index (χ3v) is 4.17. The predicted molar refractivity (Wildman–Crippen MR) is 71.3 cm³/mol. The van der Waals surface area contributed by atoms with Crippen LogP contribution in [-0.4, -0.2) is 22.9 Å². The van der Waals surface area contributed by atoms with Crippen molar-refractivity contribution in [1.82, 2.24) is 15.1 Å². The van der Waals surface area contributed by atoms with E-state index in [1.807, 2.05) is 0 Å². The molecule has 1 heterocycles. The first-order valence-electron chi connectivity index (χ1n) is 6.58. The third-order valence-electron chi connectivity index (χ3n) is 4.17. The topological polar surface area (TPSA) is 29.9 Å².